The molecule has 1 aromatic rings. The average molecular weight is 538 g/mol. The Kier molecular flexibility index (Phi) is 11.9. The Bertz CT molecular complexity index is 1180. The van der Waals surface area contributed by atoms with Gasteiger partial charge in [-0.25, -0.2) is 9.59 Å². The maximum atomic E-state index is 13.0. The second-order valence-electron chi connectivity index (χ2n) is 9.58. The van der Waals surface area contributed by atoms with Crippen LogP contribution in [0.1, 0.15) is 47.5 Å². The molecule has 0 radical (unpaired) electrons. The molecule has 1 saturated heterocycles. The summed E-state index contributed by atoms with van der Waals surface area (Å²) in [5.41, 5.74) is 3.15. The largest absolute Gasteiger partial charge is 0.463 e. The SMILES string of the molecule is C=C/C=C\C(=C/C)CN1CC[C@@](C)(OC(=O)C2=C(C)NC(C)=C(C(=O)OCC)C2)C1.O=[N+]([O-])c1ccccc1. The van der Waals surface area contributed by atoms with Crippen molar-refractivity contribution in [2.75, 3.05) is 26.2 Å². The van der Waals surface area contributed by atoms with Crippen LogP contribution in [0.15, 0.2) is 89.3 Å². The minimum atomic E-state index is -0.564. The maximum Gasteiger partial charge on any atom is 0.336 e. The summed E-state index contributed by atoms with van der Waals surface area (Å²) in [6, 6.07) is 7.93. The van der Waals surface area contributed by atoms with Gasteiger partial charge in [0.15, 0.2) is 0 Å². The first-order valence-electron chi connectivity index (χ1n) is 13.0. The number of para-hydroxylation sites is 1. The van der Waals surface area contributed by atoms with Gasteiger partial charge in [0.1, 0.15) is 5.60 Å². The van der Waals surface area contributed by atoms with Crippen LogP contribution >= 0.6 is 0 Å². The monoisotopic (exact) mass is 537 g/mol. The Morgan fingerprint density at radius 1 is 1.18 bits per heavy atom. The molecule has 210 valence electrons. The van der Waals surface area contributed by atoms with E-state index >= 15 is 0 Å². The van der Waals surface area contributed by atoms with Gasteiger partial charge in [0.2, 0.25) is 0 Å². The fourth-order valence-corrected chi connectivity index (χ4v) is 4.31. The first-order valence-corrected chi connectivity index (χ1v) is 13.0. The number of nitro groups is 1. The highest BCUT2D eigenvalue weighted by Crippen LogP contribution is 2.30. The van der Waals surface area contributed by atoms with Crippen molar-refractivity contribution in [3.63, 3.8) is 0 Å². The molecule has 0 unspecified atom stereocenters. The highest BCUT2D eigenvalue weighted by Gasteiger charge is 2.39. The molecule has 1 fully saturated rings. The molecule has 0 aliphatic carbocycles. The summed E-state index contributed by atoms with van der Waals surface area (Å²) in [5, 5.41) is 13.1. The van der Waals surface area contributed by atoms with E-state index in [4.69, 9.17) is 9.47 Å². The predicted molar refractivity (Wildman–Crippen MR) is 152 cm³/mol. The van der Waals surface area contributed by atoms with Crippen molar-refractivity contribution in [3.05, 3.63) is 99.4 Å². The standard InChI is InChI=1S/C24H34N2O4.C6H5NO2/c1-7-10-11-19(8-2)15-26-13-12-24(6,16-26)30-23(28)21-14-20(22(27)29-9-3)17(4)25-18(21)5;8-7(9)6-4-2-1-3-5-6/h7-8,10-11,25H,1,9,12-16H2,2-6H3;1-5H/b11-10-,19-8+;/t24-;/m1./s1. The summed E-state index contributed by atoms with van der Waals surface area (Å²) >= 11 is 0. The minimum absolute atomic E-state index is 0.137. The lowest BCUT2D eigenvalue weighted by Gasteiger charge is -2.28. The Morgan fingerprint density at radius 2 is 1.82 bits per heavy atom. The van der Waals surface area contributed by atoms with Crippen molar-refractivity contribution >= 4 is 17.6 Å². The topological polar surface area (TPSA) is 111 Å². The van der Waals surface area contributed by atoms with E-state index in [9.17, 15) is 19.7 Å². The fourth-order valence-electron chi connectivity index (χ4n) is 4.31. The molecule has 9 heteroatoms. The van der Waals surface area contributed by atoms with E-state index in [-0.39, 0.29) is 18.1 Å². The number of hydrogen-bond donors (Lipinski definition) is 1. The number of dihydropyridines is 1. The Morgan fingerprint density at radius 3 is 2.36 bits per heavy atom. The average Bonchev–Trinajstić information content (AvgIpc) is 3.27. The smallest absolute Gasteiger partial charge is 0.336 e. The number of nitro benzene ring substituents is 1. The Labute approximate surface area is 230 Å². The lowest BCUT2D eigenvalue weighted by atomic mass is 9.97. The third-order valence-corrected chi connectivity index (χ3v) is 6.45. The van der Waals surface area contributed by atoms with E-state index in [2.05, 4.69) is 22.9 Å². The number of hydrogen-bond acceptors (Lipinski definition) is 8. The van der Waals surface area contributed by atoms with Crippen LogP contribution in [-0.2, 0) is 19.1 Å². The van der Waals surface area contributed by atoms with E-state index in [1.54, 1.807) is 31.2 Å². The first kappa shape index (κ1) is 31.2. The zero-order valence-electron chi connectivity index (χ0n) is 23.5. The van der Waals surface area contributed by atoms with Gasteiger partial charge in [-0.05, 0) is 40.2 Å². The molecule has 2 aliphatic rings. The molecule has 0 saturated carbocycles. The van der Waals surface area contributed by atoms with Crippen molar-refractivity contribution in [1.29, 1.82) is 0 Å². The third kappa shape index (κ3) is 9.37. The van der Waals surface area contributed by atoms with Gasteiger partial charge in [-0.1, -0.05) is 49.1 Å². The molecule has 2 heterocycles. The number of ether oxygens (including phenoxy) is 2. The normalized spacial score (nSPS) is 19.8. The molecule has 3 rings (SSSR count). The minimum Gasteiger partial charge on any atom is -0.463 e. The van der Waals surface area contributed by atoms with Gasteiger partial charge in [0.05, 0.1) is 22.7 Å². The van der Waals surface area contributed by atoms with E-state index in [1.807, 2.05) is 39.8 Å². The number of esters is 2. The summed E-state index contributed by atoms with van der Waals surface area (Å²) in [4.78, 5) is 37.1. The van der Waals surface area contributed by atoms with E-state index in [0.29, 0.717) is 30.0 Å². The molecule has 1 atom stereocenters. The maximum absolute atomic E-state index is 13.0. The Balaban J connectivity index is 0.000000499. The van der Waals surface area contributed by atoms with Gasteiger partial charge in [0.25, 0.3) is 5.69 Å². The zero-order valence-corrected chi connectivity index (χ0v) is 23.5. The highest BCUT2D eigenvalue weighted by atomic mass is 16.6. The number of carbonyl (C=O) groups is 2. The fraction of sp³-hybridized carbons (Fsp3) is 0.400. The van der Waals surface area contributed by atoms with Crippen molar-refractivity contribution in [3.8, 4) is 0 Å². The quantitative estimate of drug-likeness (QED) is 0.193. The molecule has 1 N–H and O–H groups in total. The molecular weight excluding hydrogens is 498 g/mol. The number of allylic oxidation sites excluding steroid dienone is 5. The number of likely N-dealkylation sites (tertiary alicyclic amines) is 1. The molecule has 39 heavy (non-hydrogen) atoms. The highest BCUT2D eigenvalue weighted by molar-refractivity contribution is 5.96. The summed E-state index contributed by atoms with van der Waals surface area (Å²) < 4.78 is 11.1. The van der Waals surface area contributed by atoms with Gasteiger partial charge >= 0.3 is 11.9 Å². The van der Waals surface area contributed by atoms with Crippen molar-refractivity contribution in [2.45, 2.75) is 53.1 Å². The summed E-state index contributed by atoms with van der Waals surface area (Å²) in [6.07, 6.45) is 8.79. The number of rotatable bonds is 9. The zero-order chi connectivity index (χ0) is 29.0. The van der Waals surface area contributed by atoms with Crippen LogP contribution in [0.25, 0.3) is 0 Å². The third-order valence-electron chi connectivity index (χ3n) is 6.45. The number of benzene rings is 1. The van der Waals surface area contributed by atoms with Gasteiger partial charge in [-0.3, -0.25) is 15.0 Å². The summed E-state index contributed by atoms with van der Waals surface area (Å²) in [6.45, 7) is 15.7. The van der Waals surface area contributed by atoms with E-state index in [1.165, 1.54) is 17.7 Å². The number of nitrogens with zero attached hydrogens (tertiary/aromatic N) is 2. The first-order chi connectivity index (χ1) is 18.5. The van der Waals surface area contributed by atoms with Crippen LogP contribution < -0.4 is 5.32 Å². The molecule has 1 aromatic carbocycles. The molecule has 2 aliphatic heterocycles. The van der Waals surface area contributed by atoms with E-state index in [0.717, 1.165) is 25.2 Å². The molecule has 0 aromatic heterocycles. The van der Waals surface area contributed by atoms with Gasteiger partial charge in [0, 0.05) is 56.0 Å². The number of non-ortho nitro benzene ring substituents is 1. The lowest BCUT2D eigenvalue weighted by molar-refractivity contribution is -0.384. The number of nitrogens with one attached hydrogen (secondary N) is 1. The van der Waals surface area contributed by atoms with Gasteiger partial charge in [-0.2, -0.15) is 0 Å². The summed E-state index contributed by atoms with van der Waals surface area (Å²) in [5.74, 6) is -0.776. The van der Waals surface area contributed by atoms with Crippen molar-refractivity contribution in [1.82, 2.24) is 10.2 Å². The Hall–Kier alpha value is -3.98. The van der Waals surface area contributed by atoms with Crippen molar-refractivity contribution in [2.24, 2.45) is 0 Å². The van der Waals surface area contributed by atoms with Crippen LogP contribution in [0, 0.1) is 10.1 Å². The summed E-state index contributed by atoms with van der Waals surface area (Å²) in [7, 11) is 0. The second-order valence-corrected chi connectivity index (χ2v) is 9.58. The van der Waals surface area contributed by atoms with Gasteiger partial charge in [-0.15, -0.1) is 0 Å². The second kappa shape index (κ2) is 14.8. The molecule has 0 bridgehead atoms. The lowest BCUT2D eigenvalue weighted by Crippen LogP contribution is -2.37. The molecule has 0 spiro atoms. The number of carbonyl (C=O) groups excluding carboxylic acids is 2. The van der Waals surface area contributed by atoms with Crippen LogP contribution in [0.2, 0.25) is 0 Å². The molecule has 0 amide bonds. The van der Waals surface area contributed by atoms with Crippen LogP contribution in [0.5, 0.6) is 0 Å². The van der Waals surface area contributed by atoms with E-state index < -0.39 is 16.5 Å². The van der Waals surface area contributed by atoms with Crippen LogP contribution in [0.3, 0.4) is 0 Å². The van der Waals surface area contributed by atoms with Crippen LogP contribution in [-0.4, -0.2) is 53.6 Å². The molecular formula is C30H39N3O6. The van der Waals surface area contributed by atoms with Gasteiger partial charge < -0.3 is 14.8 Å². The predicted octanol–water partition coefficient (Wildman–Crippen LogP) is 5.38. The van der Waals surface area contributed by atoms with Crippen LogP contribution in [0.4, 0.5) is 5.69 Å². The molecule has 9 nitrogen and oxygen atoms in total. The van der Waals surface area contributed by atoms with Crippen molar-refractivity contribution < 1.29 is 24.0 Å².